The Hall–Kier alpha value is -1.50. The van der Waals surface area contributed by atoms with Gasteiger partial charge in [-0.2, -0.15) is 0 Å². The number of hydrogen-bond donors (Lipinski definition) is 1. The molecule has 0 aromatic heterocycles. The Bertz CT molecular complexity index is 772. The summed E-state index contributed by atoms with van der Waals surface area (Å²) in [6.45, 7) is 0. The summed E-state index contributed by atoms with van der Waals surface area (Å²) in [4.78, 5) is 13.2. The van der Waals surface area contributed by atoms with Crippen molar-refractivity contribution in [3.63, 3.8) is 0 Å². The summed E-state index contributed by atoms with van der Waals surface area (Å²) in [5.41, 5.74) is 0.582. The molecule has 0 atom stereocenters. The number of amides is 1. The Morgan fingerprint density at radius 1 is 1.09 bits per heavy atom. The van der Waals surface area contributed by atoms with Crippen molar-refractivity contribution in [3.05, 3.63) is 53.6 Å². The zero-order chi connectivity index (χ0) is 16.9. The van der Waals surface area contributed by atoms with E-state index in [4.69, 9.17) is 11.6 Å². The number of sulfone groups is 1. The SMILES string of the molecule is CS(=O)(=O)c1ccc(NC(=O)CCSc2ccc(Cl)cc2)cc1. The van der Waals surface area contributed by atoms with E-state index in [9.17, 15) is 13.2 Å². The second-order valence-corrected chi connectivity index (χ2v) is 8.52. The maximum absolute atomic E-state index is 11.9. The molecule has 0 unspecified atom stereocenters. The summed E-state index contributed by atoms with van der Waals surface area (Å²) >= 11 is 7.39. The molecule has 0 fully saturated rings. The average Bonchev–Trinajstić information content (AvgIpc) is 2.49. The molecule has 0 aliphatic carbocycles. The standard InChI is InChI=1S/C16H16ClNO3S2/c1-23(20,21)15-8-4-13(5-9-15)18-16(19)10-11-22-14-6-2-12(17)3-7-14/h2-9H,10-11H2,1H3,(H,18,19). The maximum Gasteiger partial charge on any atom is 0.225 e. The van der Waals surface area contributed by atoms with E-state index in [0.717, 1.165) is 11.2 Å². The van der Waals surface area contributed by atoms with Gasteiger partial charge in [0.1, 0.15) is 0 Å². The molecule has 4 nitrogen and oxygen atoms in total. The second kappa shape index (κ2) is 7.86. The summed E-state index contributed by atoms with van der Waals surface area (Å²) in [5, 5.41) is 3.43. The van der Waals surface area contributed by atoms with Crippen molar-refractivity contribution in [2.24, 2.45) is 0 Å². The summed E-state index contributed by atoms with van der Waals surface area (Å²) in [5.74, 6) is 0.535. The van der Waals surface area contributed by atoms with Crippen LogP contribution in [0.25, 0.3) is 0 Å². The average molecular weight is 370 g/mol. The van der Waals surface area contributed by atoms with Crippen LogP contribution in [0.4, 0.5) is 5.69 Å². The lowest BCUT2D eigenvalue weighted by Gasteiger charge is -2.06. The minimum atomic E-state index is -3.22. The van der Waals surface area contributed by atoms with Crippen molar-refractivity contribution < 1.29 is 13.2 Å². The van der Waals surface area contributed by atoms with E-state index in [1.54, 1.807) is 23.9 Å². The van der Waals surface area contributed by atoms with E-state index in [2.05, 4.69) is 5.32 Å². The van der Waals surface area contributed by atoms with Crippen molar-refractivity contribution in [3.8, 4) is 0 Å². The lowest BCUT2D eigenvalue weighted by molar-refractivity contribution is -0.115. The third kappa shape index (κ3) is 5.89. The van der Waals surface area contributed by atoms with Crippen molar-refractivity contribution in [2.45, 2.75) is 16.2 Å². The molecule has 0 saturated heterocycles. The summed E-state index contributed by atoms with van der Waals surface area (Å²) < 4.78 is 22.7. The van der Waals surface area contributed by atoms with Crippen LogP contribution in [0.2, 0.25) is 5.02 Å². The van der Waals surface area contributed by atoms with Crippen LogP contribution in [0.15, 0.2) is 58.3 Å². The first-order valence-electron chi connectivity index (χ1n) is 6.83. The fourth-order valence-corrected chi connectivity index (χ4v) is 3.41. The fourth-order valence-electron chi connectivity index (χ4n) is 1.80. The molecule has 122 valence electrons. The number of anilines is 1. The Balaban J connectivity index is 1.81. The lowest BCUT2D eigenvalue weighted by atomic mass is 10.3. The number of benzene rings is 2. The highest BCUT2D eigenvalue weighted by atomic mass is 35.5. The van der Waals surface area contributed by atoms with Gasteiger partial charge in [0.25, 0.3) is 0 Å². The third-order valence-corrected chi connectivity index (χ3v) is 5.37. The van der Waals surface area contributed by atoms with Crippen molar-refractivity contribution in [1.29, 1.82) is 0 Å². The lowest BCUT2D eigenvalue weighted by Crippen LogP contribution is -2.12. The molecule has 0 saturated carbocycles. The molecule has 7 heteroatoms. The van der Waals surface area contributed by atoms with Crippen LogP contribution in [0.5, 0.6) is 0 Å². The molecule has 0 radical (unpaired) electrons. The van der Waals surface area contributed by atoms with Gasteiger partial charge in [0, 0.05) is 34.0 Å². The highest BCUT2D eigenvalue weighted by Crippen LogP contribution is 2.21. The van der Waals surface area contributed by atoms with Gasteiger partial charge in [0.15, 0.2) is 9.84 Å². The highest BCUT2D eigenvalue weighted by molar-refractivity contribution is 7.99. The van der Waals surface area contributed by atoms with E-state index in [-0.39, 0.29) is 10.8 Å². The summed E-state index contributed by atoms with van der Waals surface area (Å²) in [6, 6.07) is 13.6. The quantitative estimate of drug-likeness (QED) is 0.785. The van der Waals surface area contributed by atoms with Crippen LogP contribution in [0.3, 0.4) is 0 Å². The molecule has 2 aromatic rings. The topological polar surface area (TPSA) is 63.2 Å². The predicted molar refractivity (Wildman–Crippen MR) is 95.0 cm³/mol. The molecule has 0 spiro atoms. The maximum atomic E-state index is 11.9. The minimum Gasteiger partial charge on any atom is -0.326 e. The second-order valence-electron chi connectivity index (χ2n) is 4.90. The van der Waals surface area contributed by atoms with E-state index < -0.39 is 9.84 Å². The Morgan fingerprint density at radius 2 is 1.70 bits per heavy atom. The Morgan fingerprint density at radius 3 is 2.26 bits per heavy atom. The molecule has 1 N–H and O–H groups in total. The zero-order valence-corrected chi connectivity index (χ0v) is 14.8. The van der Waals surface area contributed by atoms with Crippen molar-refractivity contribution >= 4 is 44.8 Å². The molecule has 0 aliphatic rings. The highest BCUT2D eigenvalue weighted by Gasteiger charge is 2.07. The number of carbonyl (C=O) groups is 1. The molecule has 0 aliphatic heterocycles. The number of halogens is 1. The van der Waals surface area contributed by atoms with Crippen LogP contribution in [-0.2, 0) is 14.6 Å². The first-order chi connectivity index (χ1) is 10.8. The Labute approximate surface area is 145 Å². The number of rotatable bonds is 6. The number of thioether (sulfide) groups is 1. The van der Waals surface area contributed by atoms with Crippen molar-refractivity contribution in [1.82, 2.24) is 0 Å². The fraction of sp³-hybridized carbons (Fsp3) is 0.188. The zero-order valence-electron chi connectivity index (χ0n) is 12.5. The largest absolute Gasteiger partial charge is 0.326 e. The number of nitrogens with one attached hydrogen (secondary N) is 1. The molecule has 2 rings (SSSR count). The van der Waals surface area contributed by atoms with Crippen LogP contribution in [0.1, 0.15) is 6.42 Å². The van der Waals surface area contributed by atoms with Crippen LogP contribution in [0, 0.1) is 0 Å². The number of carbonyl (C=O) groups excluding carboxylic acids is 1. The normalized spacial score (nSPS) is 11.2. The van der Waals surface area contributed by atoms with Gasteiger partial charge in [0.05, 0.1) is 4.90 Å². The smallest absolute Gasteiger partial charge is 0.225 e. The van der Waals surface area contributed by atoms with E-state index in [0.29, 0.717) is 22.9 Å². The monoisotopic (exact) mass is 369 g/mol. The van der Waals surface area contributed by atoms with Gasteiger partial charge >= 0.3 is 0 Å². The molecule has 0 heterocycles. The number of hydrogen-bond acceptors (Lipinski definition) is 4. The van der Waals surface area contributed by atoms with Crippen LogP contribution in [-0.4, -0.2) is 26.3 Å². The molecular weight excluding hydrogens is 354 g/mol. The molecule has 2 aromatic carbocycles. The van der Waals surface area contributed by atoms with E-state index in [1.807, 2.05) is 24.3 Å². The molecule has 1 amide bonds. The van der Waals surface area contributed by atoms with Gasteiger partial charge in [-0.25, -0.2) is 8.42 Å². The molecule has 0 bridgehead atoms. The molecule has 23 heavy (non-hydrogen) atoms. The van der Waals surface area contributed by atoms with Gasteiger partial charge in [0.2, 0.25) is 5.91 Å². The van der Waals surface area contributed by atoms with Gasteiger partial charge < -0.3 is 5.32 Å². The van der Waals surface area contributed by atoms with Crippen LogP contribution < -0.4 is 5.32 Å². The van der Waals surface area contributed by atoms with Gasteiger partial charge in [-0.05, 0) is 48.5 Å². The van der Waals surface area contributed by atoms with E-state index >= 15 is 0 Å². The van der Waals surface area contributed by atoms with Gasteiger partial charge in [-0.1, -0.05) is 11.6 Å². The Kier molecular flexibility index (Phi) is 6.10. The van der Waals surface area contributed by atoms with Crippen LogP contribution >= 0.6 is 23.4 Å². The third-order valence-electron chi connectivity index (χ3n) is 2.98. The molecular formula is C16H16ClNO3S2. The summed E-state index contributed by atoms with van der Waals surface area (Å²) in [6.07, 6.45) is 1.51. The van der Waals surface area contributed by atoms with E-state index in [1.165, 1.54) is 12.1 Å². The first-order valence-corrected chi connectivity index (χ1v) is 10.1. The van der Waals surface area contributed by atoms with Crippen molar-refractivity contribution in [2.75, 3.05) is 17.3 Å². The minimum absolute atomic E-state index is 0.112. The van der Waals surface area contributed by atoms with Gasteiger partial charge in [-0.15, -0.1) is 11.8 Å². The van der Waals surface area contributed by atoms with Gasteiger partial charge in [-0.3, -0.25) is 4.79 Å². The predicted octanol–water partition coefficient (Wildman–Crippen LogP) is 3.86. The first kappa shape index (κ1) is 17.8. The summed E-state index contributed by atoms with van der Waals surface area (Å²) in [7, 11) is -3.22.